The Balaban J connectivity index is 2.55. The van der Waals surface area contributed by atoms with E-state index in [2.05, 4.69) is 24.4 Å². The Morgan fingerprint density at radius 2 is 2.07 bits per heavy atom. The van der Waals surface area contributed by atoms with Crippen molar-refractivity contribution < 1.29 is 0 Å². The summed E-state index contributed by atoms with van der Waals surface area (Å²) in [5, 5.41) is 2.14. The maximum Gasteiger partial charge on any atom is 0.00761 e. The van der Waals surface area contributed by atoms with Gasteiger partial charge in [0.1, 0.15) is 0 Å². The molecule has 4 N–H and O–H groups in total. The summed E-state index contributed by atoms with van der Waals surface area (Å²) in [5.41, 5.74) is 11.3. The summed E-state index contributed by atoms with van der Waals surface area (Å²) in [7, 11) is 0. The van der Waals surface area contributed by atoms with E-state index in [0.29, 0.717) is 24.9 Å². The minimum absolute atomic E-state index is 0.474. The fourth-order valence-electron chi connectivity index (χ4n) is 1.70. The van der Waals surface area contributed by atoms with Crippen LogP contribution in [-0.2, 0) is 0 Å². The van der Waals surface area contributed by atoms with Crippen molar-refractivity contribution in [2.24, 2.45) is 17.4 Å². The molecule has 1 unspecified atom stereocenters. The predicted molar refractivity (Wildman–Crippen MR) is 63.6 cm³/mol. The van der Waals surface area contributed by atoms with Crippen LogP contribution in [0.15, 0.2) is 17.5 Å². The fraction of sp³-hybridized carbons (Fsp3) is 0.636. The maximum atomic E-state index is 5.66. The van der Waals surface area contributed by atoms with Crippen LogP contribution in [-0.4, -0.2) is 13.1 Å². The van der Waals surface area contributed by atoms with Gasteiger partial charge < -0.3 is 11.5 Å². The van der Waals surface area contributed by atoms with Crippen LogP contribution in [0.5, 0.6) is 0 Å². The Labute approximate surface area is 90.3 Å². The Bertz CT molecular complexity index is 229. The molecule has 0 aromatic carbocycles. The van der Waals surface area contributed by atoms with Gasteiger partial charge in [0.25, 0.3) is 0 Å². The van der Waals surface area contributed by atoms with Crippen molar-refractivity contribution in [1.29, 1.82) is 0 Å². The molecule has 2 nitrogen and oxygen atoms in total. The molecule has 3 heteroatoms. The molecule has 0 aliphatic carbocycles. The molecule has 1 atom stereocenters. The van der Waals surface area contributed by atoms with E-state index in [4.69, 9.17) is 11.5 Å². The van der Waals surface area contributed by atoms with Crippen LogP contribution in [0.1, 0.15) is 30.6 Å². The summed E-state index contributed by atoms with van der Waals surface area (Å²) in [5.74, 6) is 1.12. The summed E-state index contributed by atoms with van der Waals surface area (Å²) in [6.45, 7) is 3.64. The second kappa shape index (κ2) is 6.17. The van der Waals surface area contributed by atoms with Gasteiger partial charge in [-0.15, -0.1) is 11.3 Å². The minimum Gasteiger partial charge on any atom is -0.330 e. The van der Waals surface area contributed by atoms with Gasteiger partial charge in [0.2, 0.25) is 0 Å². The molecule has 0 aliphatic heterocycles. The Hall–Kier alpha value is -0.380. The highest BCUT2D eigenvalue weighted by Gasteiger charge is 2.15. The van der Waals surface area contributed by atoms with E-state index in [1.807, 2.05) is 11.3 Å². The van der Waals surface area contributed by atoms with Crippen LogP contribution in [0.4, 0.5) is 0 Å². The van der Waals surface area contributed by atoms with Crippen LogP contribution in [0.2, 0.25) is 0 Å². The SMILES string of the molecule is CCC(CC(CN)CN)c1cccs1. The highest BCUT2D eigenvalue weighted by molar-refractivity contribution is 7.10. The molecule has 0 spiro atoms. The van der Waals surface area contributed by atoms with Crippen LogP contribution >= 0.6 is 11.3 Å². The average molecular weight is 212 g/mol. The van der Waals surface area contributed by atoms with E-state index in [1.165, 1.54) is 11.3 Å². The molecule has 0 bridgehead atoms. The van der Waals surface area contributed by atoms with Crippen molar-refractivity contribution in [2.45, 2.75) is 25.7 Å². The number of hydrogen-bond donors (Lipinski definition) is 2. The standard InChI is InChI=1S/C11H20N2S/c1-2-10(6-9(7-12)8-13)11-4-3-5-14-11/h3-5,9-10H,2,6-8,12-13H2,1H3. The molecular formula is C11H20N2S. The van der Waals surface area contributed by atoms with E-state index in [9.17, 15) is 0 Å². The Kier molecular flexibility index (Phi) is 5.15. The minimum atomic E-state index is 0.474. The lowest BCUT2D eigenvalue weighted by Gasteiger charge is -2.19. The van der Waals surface area contributed by atoms with E-state index in [-0.39, 0.29) is 0 Å². The van der Waals surface area contributed by atoms with Crippen molar-refractivity contribution in [3.63, 3.8) is 0 Å². The Morgan fingerprint density at radius 3 is 2.50 bits per heavy atom. The van der Waals surface area contributed by atoms with Crippen molar-refractivity contribution in [3.8, 4) is 0 Å². The molecule has 0 radical (unpaired) electrons. The van der Waals surface area contributed by atoms with Crippen LogP contribution in [0.3, 0.4) is 0 Å². The van der Waals surface area contributed by atoms with Crippen LogP contribution in [0, 0.1) is 5.92 Å². The van der Waals surface area contributed by atoms with Gasteiger partial charge in [-0.1, -0.05) is 13.0 Å². The van der Waals surface area contributed by atoms with Crippen molar-refractivity contribution in [2.75, 3.05) is 13.1 Å². The number of thiophene rings is 1. The van der Waals surface area contributed by atoms with Gasteiger partial charge in [0.15, 0.2) is 0 Å². The van der Waals surface area contributed by atoms with Crippen LogP contribution < -0.4 is 11.5 Å². The second-order valence-corrected chi connectivity index (χ2v) is 4.67. The van der Waals surface area contributed by atoms with Gasteiger partial charge in [-0.3, -0.25) is 0 Å². The molecule has 0 saturated carbocycles. The number of hydrogen-bond acceptors (Lipinski definition) is 3. The summed E-state index contributed by atoms with van der Waals surface area (Å²) >= 11 is 1.84. The van der Waals surface area contributed by atoms with Gasteiger partial charge in [-0.2, -0.15) is 0 Å². The second-order valence-electron chi connectivity index (χ2n) is 3.69. The first-order valence-electron chi connectivity index (χ1n) is 5.25. The highest BCUT2D eigenvalue weighted by Crippen LogP contribution is 2.29. The molecule has 1 aromatic rings. The van der Waals surface area contributed by atoms with Gasteiger partial charge in [-0.05, 0) is 49.2 Å². The smallest absolute Gasteiger partial charge is 0.00761 e. The van der Waals surface area contributed by atoms with E-state index < -0.39 is 0 Å². The van der Waals surface area contributed by atoms with E-state index in [1.54, 1.807) is 0 Å². The molecule has 14 heavy (non-hydrogen) atoms. The lowest BCUT2D eigenvalue weighted by molar-refractivity contribution is 0.446. The molecular weight excluding hydrogens is 192 g/mol. The Morgan fingerprint density at radius 1 is 1.36 bits per heavy atom. The zero-order valence-electron chi connectivity index (χ0n) is 8.78. The van der Waals surface area contributed by atoms with E-state index in [0.717, 1.165) is 6.42 Å². The monoisotopic (exact) mass is 212 g/mol. The lowest BCUT2D eigenvalue weighted by Crippen LogP contribution is -2.24. The van der Waals surface area contributed by atoms with Gasteiger partial charge in [-0.25, -0.2) is 0 Å². The highest BCUT2D eigenvalue weighted by atomic mass is 32.1. The summed E-state index contributed by atoms with van der Waals surface area (Å²) in [6.07, 6.45) is 2.31. The first-order valence-corrected chi connectivity index (χ1v) is 6.13. The topological polar surface area (TPSA) is 52.0 Å². The normalized spacial score (nSPS) is 13.4. The third-order valence-corrected chi connectivity index (χ3v) is 3.76. The van der Waals surface area contributed by atoms with Gasteiger partial charge >= 0.3 is 0 Å². The molecule has 0 saturated heterocycles. The lowest BCUT2D eigenvalue weighted by atomic mass is 9.91. The summed E-state index contributed by atoms with van der Waals surface area (Å²) < 4.78 is 0. The largest absolute Gasteiger partial charge is 0.330 e. The third-order valence-electron chi connectivity index (χ3n) is 2.72. The summed E-state index contributed by atoms with van der Waals surface area (Å²) in [4.78, 5) is 1.47. The maximum absolute atomic E-state index is 5.66. The third kappa shape index (κ3) is 3.08. The summed E-state index contributed by atoms with van der Waals surface area (Å²) in [6, 6.07) is 4.32. The first-order chi connectivity index (χ1) is 6.81. The van der Waals surface area contributed by atoms with Crippen molar-refractivity contribution >= 4 is 11.3 Å². The zero-order chi connectivity index (χ0) is 10.4. The molecule has 1 rings (SSSR count). The van der Waals surface area contributed by atoms with Gasteiger partial charge in [0.05, 0.1) is 0 Å². The fourth-order valence-corrected chi connectivity index (χ4v) is 2.63. The van der Waals surface area contributed by atoms with Crippen molar-refractivity contribution in [3.05, 3.63) is 22.4 Å². The zero-order valence-corrected chi connectivity index (χ0v) is 9.59. The van der Waals surface area contributed by atoms with E-state index >= 15 is 0 Å². The average Bonchev–Trinajstić information content (AvgIpc) is 2.73. The molecule has 0 amide bonds. The number of nitrogens with two attached hydrogens (primary N) is 2. The van der Waals surface area contributed by atoms with Gasteiger partial charge in [0, 0.05) is 4.88 Å². The predicted octanol–water partition coefficient (Wildman–Crippen LogP) is 2.17. The quantitative estimate of drug-likeness (QED) is 0.759. The molecule has 1 heterocycles. The molecule has 80 valence electrons. The number of rotatable bonds is 6. The van der Waals surface area contributed by atoms with Crippen molar-refractivity contribution in [1.82, 2.24) is 0 Å². The van der Waals surface area contributed by atoms with Crippen LogP contribution in [0.25, 0.3) is 0 Å². The molecule has 0 aliphatic rings. The molecule has 1 aromatic heterocycles. The molecule has 0 fully saturated rings. The first kappa shape index (κ1) is 11.7.